The van der Waals surface area contributed by atoms with Crippen LogP contribution in [0.3, 0.4) is 0 Å². The molecule has 0 saturated heterocycles. The zero-order valence-electron chi connectivity index (χ0n) is 8.15. The van der Waals surface area contributed by atoms with Crippen LogP contribution in [0.5, 0.6) is 0 Å². The van der Waals surface area contributed by atoms with Crippen LogP contribution in [0.4, 0.5) is 13.2 Å². The quantitative estimate of drug-likeness (QED) is 0.662. The summed E-state index contributed by atoms with van der Waals surface area (Å²) < 4.78 is 42.0. The first-order chi connectivity index (χ1) is 6.88. The fourth-order valence-electron chi connectivity index (χ4n) is 1.25. The van der Waals surface area contributed by atoms with Crippen molar-refractivity contribution in [2.24, 2.45) is 10.3 Å². The van der Waals surface area contributed by atoms with Crippen LogP contribution in [-0.2, 0) is 9.53 Å². The Kier molecular flexibility index (Phi) is 3.15. The minimum Gasteiger partial charge on any atom is -0.464 e. The van der Waals surface area contributed by atoms with E-state index < -0.39 is 24.2 Å². The Hall–Kier alpha value is -1.34. The van der Waals surface area contributed by atoms with Crippen LogP contribution in [0.25, 0.3) is 0 Å². The third-order valence-corrected chi connectivity index (χ3v) is 1.88. The number of likely N-dealkylation sites (N-methyl/N-ethyl adjacent to an activating group) is 1. The molecule has 8 heteroatoms. The van der Waals surface area contributed by atoms with Gasteiger partial charge < -0.3 is 4.74 Å². The Labute approximate surface area is 83.9 Å². The van der Waals surface area contributed by atoms with Gasteiger partial charge in [0, 0.05) is 7.05 Å². The van der Waals surface area contributed by atoms with Crippen molar-refractivity contribution in [3.8, 4) is 0 Å². The molecule has 1 aliphatic heterocycles. The Morgan fingerprint density at radius 1 is 1.53 bits per heavy atom. The predicted molar refractivity (Wildman–Crippen MR) is 42.9 cm³/mol. The summed E-state index contributed by atoms with van der Waals surface area (Å²) in [6, 6.07) is -3.65. The van der Waals surface area contributed by atoms with Crippen molar-refractivity contribution < 1.29 is 22.7 Å². The van der Waals surface area contributed by atoms with Gasteiger partial charge in [0.05, 0.1) is 6.61 Å². The SMILES string of the molecule is CCOC(=O)C1N=NN(C)C1C(F)(F)F. The van der Waals surface area contributed by atoms with E-state index in [-0.39, 0.29) is 6.61 Å². The number of carbonyl (C=O) groups is 1. The van der Waals surface area contributed by atoms with Gasteiger partial charge in [0.2, 0.25) is 6.04 Å². The molecule has 1 heterocycles. The monoisotopic (exact) mass is 225 g/mol. The molecule has 0 aromatic heterocycles. The van der Waals surface area contributed by atoms with Gasteiger partial charge in [0.25, 0.3) is 0 Å². The van der Waals surface area contributed by atoms with Crippen LogP contribution in [-0.4, -0.2) is 42.9 Å². The maximum Gasteiger partial charge on any atom is 0.413 e. The minimum absolute atomic E-state index is 0.0130. The fraction of sp³-hybridized carbons (Fsp3) is 0.857. The zero-order chi connectivity index (χ0) is 11.6. The van der Waals surface area contributed by atoms with Crippen molar-refractivity contribution in [2.75, 3.05) is 13.7 Å². The van der Waals surface area contributed by atoms with Crippen LogP contribution in [0.2, 0.25) is 0 Å². The molecule has 0 amide bonds. The lowest BCUT2D eigenvalue weighted by Crippen LogP contribution is -2.48. The Morgan fingerprint density at radius 3 is 2.60 bits per heavy atom. The molecule has 0 aromatic carbocycles. The average molecular weight is 225 g/mol. The lowest BCUT2D eigenvalue weighted by Gasteiger charge is -2.23. The van der Waals surface area contributed by atoms with Gasteiger partial charge in [-0.05, 0) is 6.92 Å². The second kappa shape index (κ2) is 4.03. The van der Waals surface area contributed by atoms with Gasteiger partial charge in [-0.15, -0.1) is 0 Å². The number of nitrogens with zero attached hydrogens (tertiary/aromatic N) is 3. The van der Waals surface area contributed by atoms with Crippen molar-refractivity contribution in [3.05, 3.63) is 0 Å². The number of alkyl halides is 3. The summed E-state index contributed by atoms with van der Waals surface area (Å²) in [7, 11) is 1.11. The summed E-state index contributed by atoms with van der Waals surface area (Å²) >= 11 is 0. The highest BCUT2D eigenvalue weighted by Crippen LogP contribution is 2.32. The number of esters is 1. The summed E-state index contributed by atoms with van der Waals surface area (Å²) in [5.41, 5.74) is 0. The molecule has 5 nitrogen and oxygen atoms in total. The molecule has 0 spiro atoms. The smallest absolute Gasteiger partial charge is 0.413 e. The van der Waals surface area contributed by atoms with Crippen molar-refractivity contribution in [1.82, 2.24) is 5.01 Å². The number of hydrogen-bond donors (Lipinski definition) is 0. The minimum atomic E-state index is -4.56. The average Bonchev–Trinajstić information content (AvgIpc) is 2.46. The molecule has 1 aliphatic rings. The molecule has 1 rings (SSSR count). The van der Waals surface area contributed by atoms with Crippen molar-refractivity contribution in [1.29, 1.82) is 0 Å². The summed E-state index contributed by atoms with van der Waals surface area (Å²) in [6.07, 6.45) is -4.56. The molecule has 86 valence electrons. The van der Waals surface area contributed by atoms with E-state index in [0.29, 0.717) is 5.01 Å². The van der Waals surface area contributed by atoms with Gasteiger partial charge in [0.15, 0.2) is 6.04 Å². The molecule has 0 fully saturated rings. The maximum absolute atomic E-state index is 12.5. The number of hydrogen-bond acceptors (Lipinski definition) is 5. The van der Waals surface area contributed by atoms with Crippen molar-refractivity contribution in [2.45, 2.75) is 25.2 Å². The first-order valence-electron chi connectivity index (χ1n) is 4.25. The Bertz CT molecular complexity index is 279. The fourth-order valence-corrected chi connectivity index (χ4v) is 1.25. The highest BCUT2D eigenvalue weighted by molar-refractivity contribution is 5.77. The normalized spacial score (nSPS) is 25.8. The molecule has 2 unspecified atom stereocenters. The van der Waals surface area contributed by atoms with Crippen molar-refractivity contribution >= 4 is 5.97 Å². The molecule has 0 radical (unpaired) electrons. The van der Waals surface area contributed by atoms with Gasteiger partial charge in [-0.1, -0.05) is 5.22 Å². The first kappa shape index (κ1) is 11.7. The van der Waals surface area contributed by atoms with E-state index in [4.69, 9.17) is 0 Å². The third kappa shape index (κ3) is 2.37. The largest absolute Gasteiger partial charge is 0.464 e. The molecule has 15 heavy (non-hydrogen) atoms. The number of ether oxygens (including phenoxy) is 1. The van der Waals surface area contributed by atoms with Gasteiger partial charge in [-0.25, -0.2) is 4.79 Å². The molecule has 0 N–H and O–H groups in total. The van der Waals surface area contributed by atoms with E-state index >= 15 is 0 Å². The van der Waals surface area contributed by atoms with E-state index in [1.54, 1.807) is 0 Å². The van der Waals surface area contributed by atoms with Crippen LogP contribution in [0, 0.1) is 0 Å². The molecule has 0 aromatic rings. The molecule has 0 bridgehead atoms. The van der Waals surface area contributed by atoms with Crippen LogP contribution < -0.4 is 0 Å². The lowest BCUT2D eigenvalue weighted by molar-refractivity contribution is -0.186. The van der Waals surface area contributed by atoms with Crippen molar-refractivity contribution in [3.63, 3.8) is 0 Å². The molecular weight excluding hydrogens is 215 g/mol. The number of rotatable bonds is 2. The summed E-state index contributed by atoms with van der Waals surface area (Å²) in [6.45, 7) is 1.52. The van der Waals surface area contributed by atoms with E-state index in [2.05, 4.69) is 15.1 Å². The maximum atomic E-state index is 12.5. The van der Waals surface area contributed by atoms with E-state index in [9.17, 15) is 18.0 Å². The summed E-state index contributed by atoms with van der Waals surface area (Å²) in [5, 5.41) is 7.06. The summed E-state index contributed by atoms with van der Waals surface area (Å²) in [4.78, 5) is 11.1. The Morgan fingerprint density at radius 2 is 2.13 bits per heavy atom. The van der Waals surface area contributed by atoms with E-state index in [1.807, 2.05) is 0 Å². The highest BCUT2D eigenvalue weighted by Gasteiger charge is 2.54. The van der Waals surface area contributed by atoms with Gasteiger partial charge in [-0.2, -0.15) is 18.3 Å². The predicted octanol–water partition coefficient (Wildman–Crippen LogP) is 1.16. The van der Waals surface area contributed by atoms with E-state index in [0.717, 1.165) is 7.05 Å². The lowest BCUT2D eigenvalue weighted by atomic mass is 10.1. The molecule has 0 saturated carbocycles. The number of carbonyl (C=O) groups excluding carboxylic acids is 1. The highest BCUT2D eigenvalue weighted by atomic mass is 19.4. The van der Waals surface area contributed by atoms with Crippen LogP contribution in [0.1, 0.15) is 6.92 Å². The van der Waals surface area contributed by atoms with Gasteiger partial charge in [-0.3, -0.25) is 5.01 Å². The number of halogens is 3. The van der Waals surface area contributed by atoms with E-state index in [1.165, 1.54) is 6.92 Å². The zero-order valence-corrected chi connectivity index (χ0v) is 8.15. The van der Waals surface area contributed by atoms with Crippen LogP contribution in [0.15, 0.2) is 10.3 Å². The standard InChI is InChI=1S/C7H10F3N3O2/c1-3-15-6(14)4-5(7(8,9)10)13(2)12-11-4/h4-5H,3H2,1-2H3. The van der Waals surface area contributed by atoms with Gasteiger partial charge >= 0.3 is 12.1 Å². The molecular formula is C7H10F3N3O2. The molecule has 2 atom stereocenters. The second-order valence-electron chi connectivity index (χ2n) is 2.96. The topological polar surface area (TPSA) is 54.3 Å². The van der Waals surface area contributed by atoms with Gasteiger partial charge in [0.1, 0.15) is 0 Å². The van der Waals surface area contributed by atoms with Crippen LogP contribution >= 0.6 is 0 Å². The first-order valence-corrected chi connectivity index (χ1v) is 4.25. The second-order valence-corrected chi connectivity index (χ2v) is 2.96. The third-order valence-electron chi connectivity index (χ3n) is 1.88. The molecule has 0 aliphatic carbocycles. The summed E-state index contributed by atoms with van der Waals surface area (Å²) in [5.74, 6) is -1.01. The Balaban J connectivity index is 2.80.